The summed E-state index contributed by atoms with van der Waals surface area (Å²) in [7, 11) is 0. The minimum Gasteiger partial charge on any atom is -0.327 e. The van der Waals surface area contributed by atoms with Crippen LogP contribution < -0.4 is 10.9 Å². The first kappa shape index (κ1) is 16.6. The molecule has 2 atom stereocenters. The van der Waals surface area contributed by atoms with Gasteiger partial charge in [0.1, 0.15) is 11.4 Å². The number of carbonyl (C=O) groups excluding carboxylic acids is 1. The van der Waals surface area contributed by atoms with E-state index in [1.807, 2.05) is 6.92 Å². The van der Waals surface area contributed by atoms with E-state index in [0.717, 1.165) is 0 Å². The van der Waals surface area contributed by atoms with Gasteiger partial charge in [-0.1, -0.05) is 0 Å². The molecular formula is C15H18BrF2N3O2. The predicted molar refractivity (Wildman–Crippen MR) is 84.9 cm³/mol. The van der Waals surface area contributed by atoms with Gasteiger partial charge in [0, 0.05) is 25.4 Å². The number of nitrogens with zero attached hydrogens (tertiary/aromatic N) is 2. The van der Waals surface area contributed by atoms with Crippen LogP contribution in [0.4, 0.5) is 8.78 Å². The van der Waals surface area contributed by atoms with Crippen molar-refractivity contribution in [3.8, 4) is 0 Å². The van der Waals surface area contributed by atoms with Gasteiger partial charge in [0.2, 0.25) is 0 Å². The maximum absolute atomic E-state index is 12.7. The Morgan fingerprint density at radius 2 is 2.17 bits per heavy atom. The highest BCUT2D eigenvalue weighted by Gasteiger charge is 2.48. The van der Waals surface area contributed by atoms with Crippen LogP contribution in [0.3, 0.4) is 0 Å². The van der Waals surface area contributed by atoms with Crippen LogP contribution in [0, 0.1) is 6.92 Å². The molecule has 1 amide bonds. The Bertz CT molecular complexity index is 721. The standard InChI is InChI=1S/C15H18BrF2N3O2/c1-8-5-10(16)14(23)21-12(8)13(22)19-15(21)3-4-20(7-11(17)18)9(2)6-15/h5,9,11H,3-4,6-7H2,1-2H3,(H,19,22)/t9-,15?/m1/s1. The van der Waals surface area contributed by atoms with E-state index in [4.69, 9.17) is 0 Å². The topological polar surface area (TPSA) is 54.3 Å². The van der Waals surface area contributed by atoms with Crippen molar-refractivity contribution < 1.29 is 13.6 Å². The van der Waals surface area contributed by atoms with Gasteiger partial charge in [-0.3, -0.25) is 19.1 Å². The lowest BCUT2D eigenvalue weighted by atomic mass is 9.91. The zero-order valence-electron chi connectivity index (χ0n) is 12.9. The third-order valence-electron chi connectivity index (χ3n) is 4.78. The molecule has 1 fully saturated rings. The summed E-state index contributed by atoms with van der Waals surface area (Å²) in [6.07, 6.45) is -1.54. The van der Waals surface area contributed by atoms with Crippen molar-refractivity contribution in [1.29, 1.82) is 0 Å². The fourth-order valence-corrected chi connectivity index (χ4v) is 4.27. The molecule has 8 heteroatoms. The minimum atomic E-state index is -2.39. The van der Waals surface area contributed by atoms with Crippen molar-refractivity contribution in [2.45, 2.75) is 44.8 Å². The fourth-order valence-electron chi connectivity index (χ4n) is 3.75. The number of carbonyl (C=O) groups is 1. The van der Waals surface area contributed by atoms with E-state index in [2.05, 4.69) is 21.2 Å². The second kappa shape index (κ2) is 5.66. The Morgan fingerprint density at radius 3 is 2.78 bits per heavy atom. The van der Waals surface area contributed by atoms with Gasteiger partial charge in [-0.15, -0.1) is 0 Å². The number of pyridine rings is 1. The molecular weight excluding hydrogens is 372 g/mol. The van der Waals surface area contributed by atoms with Crippen LogP contribution in [-0.2, 0) is 5.66 Å². The van der Waals surface area contributed by atoms with Gasteiger partial charge >= 0.3 is 0 Å². The molecule has 0 bridgehead atoms. The van der Waals surface area contributed by atoms with Crippen molar-refractivity contribution in [2.75, 3.05) is 13.1 Å². The van der Waals surface area contributed by atoms with Crippen LogP contribution in [0.1, 0.15) is 35.8 Å². The lowest BCUT2D eigenvalue weighted by Gasteiger charge is -2.44. The molecule has 126 valence electrons. The van der Waals surface area contributed by atoms with E-state index >= 15 is 0 Å². The van der Waals surface area contributed by atoms with E-state index in [0.29, 0.717) is 35.1 Å². The maximum Gasteiger partial charge on any atom is 0.270 e. The average molecular weight is 390 g/mol. The van der Waals surface area contributed by atoms with Crippen molar-refractivity contribution in [3.05, 3.63) is 32.2 Å². The monoisotopic (exact) mass is 389 g/mol. The van der Waals surface area contributed by atoms with Crippen molar-refractivity contribution in [1.82, 2.24) is 14.8 Å². The first-order valence-corrected chi connectivity index (χ1v) is 8.32. The second-order valence-corrected chi connectivity index (χ2v) is 7.19. The van der Waals surface area contributed by atoms with Crippen LogP contribution in [0.15, 0.2) is 15.3 Å². The number of hydrogen-bond donors (Lipinski definition) is 1. The van der Waals surface area contributed by atoms with Crippen LogP contribution in [0.5, 0.6) is 0 Å². The van der Waals surface area contributed by atoms with E-state index in [9.17, 15) is 18.4 Å². The molecule has 0 aliphatic carbocycles. The smallest absolute Gasteiger partial charge is 0.270 e. The Balaban J connectivity index is 2.02. The molecule has 3 heterocycles. The number of fused-ring (bicyclic) bond motifs is 2. The van der Waals surface area contributed by atoms with Crippen LogP contribution in [0.25, 0.3) is 0 Å². The molecule has 0 saturated carbocycles. The first-order chi connectivity index (χ1) is 10.7. The van der Waals surface area contributed by atoms with Crippen molar-refractivity contribution in [2.24, 2.45) is 0 Å². The molecule has 0 aromatic carbocycles. The molecule has 0 radical (unpaired) electrons. The van der Waals surface area contributed by atoms with E-state index < -0.39 is 12.1 Å². The molecule has 2 aliphatic rings. The zero-order valence-corrected chi connectivity index (χ0v) is 14.5. The maximum atomic E-state index is 12.7. The highest BCUT2D eigenvalue weighted by molar-refractivity contribution is 9.10. The zero-order chi connectivity index (χ0) is 16.9. The van der Waals surface area contributed by atoms with Crippen LogP contribution >= 0.6 is 15.9 Å². The minimum absolute atomic E-state index is 0.157. The summed E-state index contributed by atoms with van der Waals surface area (Å²) in [5, 5.41) is 2.94. The molecule has 23 heavy (non-hydrogen) atoms. The van der Waals surface area contributed by atoms with Gasteiger partial charge < -0.3 is 5.32 Å². The molecule has 1 aromatic heterocycles. The first-order valence-electron chi connectivity index (χ1n) is 7.52. The lowest BCUT2D eigenvalue weighted by Crippen LogP contribution is -2.57. The summed E-state index contributed by atoms with van der Waals surface area (Å²) in [6, 6.07) is 1.48. The Hall–Kier alpha value is -1.28. The molecule has 1 saturated heterocycles. The number of aromatic nitrogens is 1. The summed E-state index contributed by atoms with van der Waals surface area (Å²) >= 11 is 3.25. The number of aryl methyl sites for hydroxylation is 1. The van der Waals surface area contributed by atoms with Crippen molar-refractivity contribution in [3.63, 3.8) is 0 Å². The normalized spacial score (nSPS) is 27.6. The average Bonchev–Trinajstić information content (AvgIpc) is 2.72. The van der Waals surface area contributed by atoms with Gasteiger partial charge in [0.25, 0.3) is 17.9 Å². The van der Waals surface area contributed by atoms with Gasteiger partial charge in [0.05, 0.1) is 11.0 Å². The Morgan fingerprint density at radius 1 is 1.48 bits per heavy atom. The summed E-state index contributed by atoms with van der Waals surface area (Å²) in [5.41, 5.74) is -0.00418. The van der Waals surface area contributed by atoms with E-state index in [1.54, 1.807) is 17.9 Å². The third kappa shape index (κ3) is 2.61. The van der Waals surface area contributed by atoms with Crippen LogP contribution in [0.2, 0.25) is 0 Å². The fraction of sp³-hybridized carbons (Fsp3) is 0.600. The predicted octanol–water partition coefficient (Wildman–Crippen LogP) is 2.06. The molecule has 1 aromatic rings. The van der Waals surface area contributed by atoms with E-state index in [-0.39, 0.29) is 24.1 Å². The molecule has 1 spiro atoms. The number of likely N-dealkylation sites (tertiary alicyclic amines) is 1. The highest BCUT2D eigenvalue weighted by Crippen LogP contribution is 2.36. The Labute approximate surface area is 140 Å². The quantitative estimate of drug-likeness (QED) is 0.842. The second-order valence-electron chi connectivity index (χ2n) is 6.34. The number of nitrogens with one attached hydrogen (secondary N) is 1. The molecule has 2 aliphatic heterocycles. The molecule has 1 unspecified atom stereocenters. The number of piperidine rings is 1. The van der Waals surface area contributed by atoms with Crippen molar-refractivity contribution >= 4 is 21.8 Å². The molecule has 5 nitrogen and oxygen atoms in total. The highest BCUT2D eigenvalue weighted by atomic mass is 79.9. The Kier molecular flexibility index (Phi) is 4.08. The van der Waals surface area contributed by atoms with Gasteiger partial charge in [-0.05, 0) is 41.4 Å². The molecule has 3 rings (SSSR count). The van der Waals surface area contributed by atoms with Gasteiger partial charge in [-0.25, -0.2) is 8.78 Å². The van der Waals surface area contributed by atoms with Crippen LogP contribution in [-0.4, -0.2) is 40.9 Å². The number of alkyl halides is 2. The summed E-state index contributed by atoms with van der Waals surface area (Å²) < 4.78 is 27.2. The number of rotatable bonds is 2. The number of halogens is 3. The van der Waals surface area contributed by atoms with E-state index in [1.165, 1.54) is 4.57 Å². The summed E-state index contributed by atoms with van der Waals surface area (Å²) in [6.45, 7) is 3.75. The summed E-state index contributed by atoms with van der Waals surface area (Å²) in [5.74, 6) is -0.276. The van der Waals surface area contributed by atoms with Gasteiger partial charge in [-0.2, -0.15) is 0 Å². The number of hydrogen-bond acceptors (Lipinski definition) is 3. The SMILES string of the molecule is Cc1cc(Br)c(=O)n2c1C(=O)NC21CCN(CC(F)F)[C@H](C)C1. The van der Waals surface area contributed by atoms with Gasteiger partial charge in [0.15, 0.2) is 0 Å². The summed E-state index contributed by atoms with van der Waals surface area (Å²) in [4.78, 5) is 26.7. The number of amides is 1. The third-order valence-corrected chi connectivity index (χ3v) is 5.35. The largest absolute Gasteiger partial charge is 0.327 e. The molecule has 1 N–H and O–H groups in total. The lowest BCUT2D eigenvalue weighted by molar-refractivity contribution is 0.00904.